The van der Waals surface area contributed by atoms with Gasteiger partial charge in [0.2, 0.25) is 11.8 Å². The van der Waals surface area contributed by atoms with Gasteiger partial charge in [-0.15, -0.1) is 0 Å². The maximum atomic E-state index is 12.5. The van der Waals surface area contributed by atoms with Crippen LogP contribution in [0.15, 0.2) is 54.6 Å². The van der Waals surface area contributed by atoms with E-state index in [1.54, 1.807) is 4.90 Å². The fraction of sp³-hybridized carbons (Fsp3) is 0.250. The van der Waals surface area contributed by atoms with Crippen LogP contribution < -0.4 is 10.4 Å². The van der Waals surface area contributed by atoms with Crippen molar-refractivity contribution in [2.24, 2.45) is 5.92 Å². The second-order valence-corrected chi connectivity index (χ2v) is 6.39. The summed E-state index contributed by atoms with van der Waals surface area (Å²) in [5.74, 6) is -2.00. The molecule has 0 unspecified atom stereocenters. The standard InChI is InChI=1S/C20H20N2O4/c1-13(14-5-3-2-4-6-14)22-12-16(11-18(22)23)19(24)21-17-9-7-15(8-10-17)20(25)26/h2-10,13,16H,11-12H2,1H3,(H,21,24)(H,25,26)/p-1/t13-,16+/m0/s1. The molecule has 134 valence electrons. The van der Waals surface area contributed by atoms with Crippen molar-refractivity contribution in [3.05, 3.63) is 65.7 Å². The Morgan fingerprint density at radius 2 is 1.77 bits per heavy atom. The highest BCUT2D eigenvalue weighted by Crippen LogP contribution is 2.29. The lowest BCUT2D eigenvalue weighted by Gasteiger charge is -2.25. The summed E-state index contributed by atoms with van der Waals surface area (Å²) in [6.45, 7) is 2.31. The summed E-state index contributed by atoms with van der Waals surface area (Å²) >= 11 is 0. The van der Waals surface area contributed by atoms with E-state index in [1.807, 2.05) is 37.3 Å². The first-order chi connectivity index (χ1) is 12.5. The summed E-state index contributed by atoms with van der Waals surface area (Å²) in [5, 5.41) is 13.5. The fourth-order valence-corrected chi connectivity index (χ4v) is 3.13. The Morgan fingerprint density at radius 1 is 1.12 bits per heavy atom. The number of likely N-dealkylation sites (tertiary alicyclic amines) is 1. The molecule has 2 aromatic carbocycles. The Kier molecular flexibility index (Phi) is 5.02. The first kappa shape index (κ1) is 17.7. The molecule has 1 fully saturated rings. The van der Waals surface area contributed by atoms with Crippen LogP contribution in [0.2, 0.25) is 0 Å². The van der Waals surface area contributed by atoms with Crippen molar-refractivity contribution in [1.82, 2.24) is 4.90 Å². The molecule has 1 saturated heterocycles. The molecule has 6 heteroatoms. The Hall–Kier alpha value is -3.15. The number of nitrogens with zero attached hydrogens (tertiary/aromatic N) is 1. The molecule has 26 heavy (non-hydrogen) atoms. The fourth-order valence-electron chi connectivity index (χ4n) is 3.13. The van der Waals surface area contributed by atoms with Crippen molar-refractivity contribution in [2.75, 3.05) is 11.9 Å². The molecule has 0 aliphatic carbocycles. The number of aromatic carboxylic acids is 1. The average molecular weight is 351 g/mol. The van der Waals surface area contributed by atoms with Gasteiger partial charge in [0.05, 0.1) is 17.9 Å². The Balaban J connectivity index is 1.64. The number of carbonyl (C=O) groups is 3. The SMILES string of the molecule is C[C@@H](c1ccccc1)N1C[C@H](C(=O)Nc2ccc(C(=O)[O-])cc2)CC1=O. The molecule has 0 spiro atoms. The Labute approximate surface area is 151 Å². The first-order valence-electron chi connectivity index (χ1n) is 8.42. The van der Waals surface area contributed by atoms with Gasteiger partial charge >= 0.3 is 0 Å². The van der Waals surface area contributed by atoms with Gasteiger partial charge in [-0.3, -0.25) is 9.59 Å². The molecule has 6 nitrogen and oxygen atoms in total. The van der Waals surface area contributed by atoms with E-state index < -0.39 is 11.9 Å². The van der Waals surface area contributed by atoms with E-state index in [0.29, 0.717) is 12.2 Å². The van der Waals surface area contributed by atoms with Gasteiger partial charge in [-0.1, -0.05) is 42.5 Å². The highest BCUT2D eigenvalue weighted by Gasteiger charge is 2.36. The third-order valence-electron chi connectivity index (χ3n) is 4.67. The average Bonchev–Trinajstić information content (AvgIpc) is 3.04. The van der Waals surface area contributed by atoms with Gasteiger partial charge in [-0.2, -0.15) is 0 Å². The van der Waals surface area contributed by atoms with E-state index in [2.05, 4.69) is 5.32 Å². The van der Waals surface area contributed by atoms with E-state index in [0.717, 1.165) is 5.56 Å². The minimum atomic E-state index is -1.27. The minimum absolute atomic E-state index is 0.0434. The van der Waals surface area contributed by atoms with Crippen molar-refractivity contribution in [3.63, 3.8) is 0 Å². The van der Waals surface area contributed by atoms with Crippen molar-refractivity contribution < 1.29 is 19.5 Å². The summed E-state index contributed by atoms with van der Waals surface area (Å²) in [6, 6.07) is 15.3. The van der Waals surface area contributed by atoms with Gasteiger partial charge in [0, 0.05) is 18.7 Å². The number of hydrogen-bond donors (Lipinski definition) is 1. The van der Waals surface area contributed by atoms with Crippen molar-refractivity contribution in [2.45, 2.75) is 19.4 Å². The zero-order chi connectivity index (χ0) is 18.7. The topological polar surface area (TPSA) is 89.5 Å². The summed E-state index contributed by atoms with van der Waals surface area (Å²) in [5.41, 5.74) is 1.56. The lowest BCUT2D eigenvalue weighted by atomic mass is 10.1. The molecule has 1 heterocycles. The van der Waals surface area contributed by atoms with Crippen LogP contribution in [0.4, 0.5) is 5.69 Å². The number of carboxylic acids is 1. The molecule has 1 aliphatic rings. The quantitative estimate of drug-likeness (QED) is 0.886. The predicted octanol–water partition coefficient (Wildman–Crippen LogP) is 1.60. The van der Waals surface area contributed by atoms with E-state index >= 15 is 0 Å². The molecule has 3 rings (SSSR count). The van der Waals surface area contributed by atoms with Gasteiger partial charge < -0.3 is 20.1 Å². The van der Waals surface area contributed by atoms with Crippen LogP contribution in [0.1, 0.15) is 35.3 Å². The summed E-state index contributed by atoms with van der Waals surface area (Å²) in [4.78, 5) is 37.3. The monoisotopic (exact) mass is 351 g/mol. The number of benzene rings is 2. The van der Waals surface area contributed by atoms with E-state index in [1.165, 1.54) is 24.3 Å². The second kappa shape index (κ2) is 7.39. The summed E-state index contributed by atoms with van der Waals surface area (Å²) in [6.07, 6.45) is 0.167. The molecule has 2 amide bonds. The Bertz CT molecular complexity index is 817. The molecule has 0 radical (unpaired) electrons. The van der Waals surface area contributed by atoms with E-state index in [9.17, 15) is 19.5 Å². The lowest BCUT2D eigenvalue weighted by molar-refractivity contribution is -0.255. The number of carbonyl (C=O) groups excluding carboxylic acids is 3. The maximum Gasteiger partial charge on any atom is 0.229 e. The number of rotatable bonds is 5. The van der Waals surface area contributed by atoms with Crippen LogP contribution in [0.5, 0.6) is 0 Å². The van der Waals surface area contributed by atoms with Gasteiger partial charge in [-0.25, -0.2) is 0 Å². The van der Waals surface area contributed by atoms with Gasteiger partial charge in [0.1, 0.15) is 0 Å². The largest absolute Gasteiger partial charge is 0.545 e. The summed E-state index contributed by atoms with van der Waals surface area (Å²) in [7, 11) is 0. The van der Waals surface area contributed by atoms with Crippen LogP contribution in [0.25, 0.3) is 0 Å². The van der Waals surface area contributed by atoms with Crippen molar-refractivity contribution >= 4 is 23.5 Å². The van der Waals surface area contributed by atoms with Crippen LogP contribution in [-0.4, -0.2) is 29.2 Å². The molecule has 1 aliphatic heterocycles. The van der Waals surface area contributed by atoms with Crippen LogP contribution in [-0.2, 0) is 9.59 Å². The molecule has 2 atom stereocenters. The molecule has 2 aromatic rings. The first-order valence-corrected chi connectivity index (χ1v) is 8.42. The van der Waals surface area contributed by atoms with Crippen molar-refractivity contribution in [3.8, 4) is 0 Å². The predicted molar refractivity (Wildman–Crippen MR) is 94.1 cm³/mol. The number of nitrogens with one attached hydrogen (secondary N) is 1. The number of carboxylic acid groups (broad SMARTS) is 1. The van der Waals surface area contributed by atoms with Crippen LogP contribution in [0, 0.1) is 5.92 Å². The highest BCUT2D eigenvalue weighted by atomic mass is 16.4. The molecular formula is C20H19N2O4-. The smallest absolute Gasteiger partial charge is 0.229 e. The molecular weight excluding hydrogens is 332 g/mol. The highest BCUT2D eigenvalue weighted by molar-refractivity contribution is 5.97. The minimum Gasteiger partial charge on any atom is -0.545 e. The van der Waals surface area contributed by atoms with Gasteiger partial charge in [0.15, 0.2) is 0 Å². The van der Waals surface area contributed by atoms with E-state index in [-0.39, 0.29) is 29.8 Å². The third-order valence-corrected chi connectivity index (χ3v) is 4.67. The molecule has 0 saturated carbocycles. The van der Waals surface area contributed by atoms with Gasteiger partial charge in [-0.05, 0) is 30.2 Å². The van der Waals surface area contributed by atoms with Crippen LogP contribution in [0.3, 0.4) is 0 Å². The zero-order valence-electron chi connectivity index (χ0n) is 14.3. The number of hydrogen-bond acceptors (Lipinski definition) is 4. The van der Waals surface area contributed by atoms with E-state index in [4.69, 9.17) is 0 Å². The van der Waals surface area contributed by atoms with Crippen molar-refractivity contribution in [1.29, 1.82) is 0 Å². The maximum absolute atomic E-state index is 12.5. The molecule has 0 aromatic heterocycles. The third kappa shape index (κ3) is 3.74. The zero-order valence-corrected chi connectivity index (χ0v) is 14.3. The molecule has 0 bridgehead atoms. The number of amides is 2. The van der Waals surface area contributed by atoms with Gasteiger partial charge in [0.25, 0.3) is 0 Å². The second-order valence-electron chi connectivity index (χ2n) is 6.39. The summed E-state index contributed by atoms with van der Waals surface area (Å²) < 4.78 is 0. The molecule has 1 N–H and O–H groups in total. The normalized spacial score (nSPS) is 17.8. The van der Waals surface area contributed by atoms with Crippen LogP contribution >= 0.6 is 0 Å². The Morgan fingerprint density at radius 3 is 2.38 bits per heavy atom. The number of anilines is 1. The lowest BCUT2D eigenvalue weighted by Crippen LogP contribution is -2.30.